The van der Waals surface area contributed by atoms with Crippen LogP contribution in [0.4, 0.5) is 10.2 Å². The SMILES string of the molecule is Cc1cnc(C(=O)Nc2ccc(Cc3ccc(F)c(Cl)c3)cn2)cn1. The number of benzene rings is 1. The van der Waals surface area contributed by atoms with Crippen LogP contribution in [0.1, 0.15) is 27.3 Å². The van der Waals surface area contributed by atoms with E-state index in [4.69, 9.17) is 11.6 Å². The molecule has 0 aliphatic heterocycles. The molecule has 0 unspecified atom stereocenters. The lowest BCUT2D eigenvalue weighted by Crippen LogP contribution is -2.15. The monoisotopic (exact) mass is 356 g/mol. The molecule has 1 N–H and O–H groups in total. The standard InChI is InChI=1S/C18H14ClFN4O/c1-11-8-22-16(10-21-11)18(25)24-17-5-3-13(9-23-17)6-12-2-4-15(20)14(19)7-12/h2-5,7-10H,6H2,1H3,(H,23,24,25). The molecular formula is C18H14ClFN4O. The molecular weight excluding hydrogens is 343 g/mol. The Bertz CT molecular complexity index is 898. The number of carbonyl (C=O) groups is 1. The topological polar surface area (TPSA) is 67.8 Å². The Morgan fingerprint density at radius 3 is 2.52 bits per heavy atom. The highest BCUT2D eigenvalue weighted by atomic mass is 35.5. The predicted octanol–water partition coefficient (Wildman–Crippen LogP) is 3.82. The number of pyridine rings is 1. The number of nitrogens with zero attached hydrogens (tertiary/aromatic N) is 3. The van der Waals surface area contributed by atoms with Gasteiger partial charge in [0.2, 0.25) is 0 Å². The normalized spacial score (nSPS) is 10.5. The average molecular weight is 357 g/mol. The van der Waals surface area contributed by atoms with E-state index in [0.29, 0.717) is 12.2 Å². The number of rotatable bonds is 4. The summed E-state index contributed by atoms with van der Waals surface area (Å²) in [5.74, 6) is -0.410. The van der Waals surface area contributed by atoms with Crippen LogP contribution in [-0.4, -0.2) is 20.9 Å². The van der Waals surface area contributed by atoms with Crippen LogP contribution in [0.2, 0.25) is 5.02 Å². The van der Waals surface area contributed by atoms with Crippen LogP contribution in [0.15, 0.2) is 48.9 Å². The van der Waals surface area contributed by atoms with Gasteiger partial charge in [-0.1, -0.05) is 23.7 Å². The summed E-state index contributed by atoms with van der Waals surface area (Å²) in [6, 6.07) is 8.12. The Morgan fingerprint density at radius 1 is 1.08 bits per heavy atom. The van der Waals surface area contributed by atoms with E-state index in [1.54, 1.807) is 31.3 Å². The van der Waals surface area contributed by atoms with Gasteiger partial charge in [0.25, 0.3) is 5.91 Å². The van der Waals surface area contributed by atoms with Crippen molar-refractivity contribution in [2.45, 2.75) is 13.3 Å². The molecule has 0 aliphatic carbocycles. The molecule has 0 bridgehead atoms. The van der Waals surface area contributed by atoms with Crippen molar-refractivity contribution < 1.29 is 9.18 Å². The maximum Gasteiger partial charge on any atom is 0.277 e. The number of aromatic nitrogens is 3. The zero-order valence-corrected chi connectivity index (χ0v) is 14.1. The van der Waals surface area contributed by atoms with Crippen molar-refractivity contribution in [1.82, 2.24) is 15.0 Å². The lowest BCUT2D eigenvalue weighted by atomic mass is 10.1. The van der Waals surface area contributed by atoms with Crippen molar-refractivity contribution >= 4 is 23.3 Å². The molecule has 2 aromatic heterocycles. The predicted molar refractivity (Wildman–Crippen MR) is 93.2 cm³/mol. The minimum absolute atomic E-state index is 0.0913. The fourth-order valence-corrected chi connectivity index (χ4v) is 2.38. The van der Waals surface area contributed by atoms with Crippen LogP contribution in [0.25, 0.3) is 0 Å². The van der Waals surface area contributed by atoms with E-state index in [-0.39, 0.29) is 16.6 Å². The molecule has 1 amide bonds. The fourth-order valence-electron chi connectivity index (χ4n) is 2.18. The quantitative estimate of drug-likeness (QED) is 0.771. The second-order valence-corrected chi connectivity index (χ2v) is 5.88. The molecule has 0 radical (unpaired) electrons. The van der Waals surface area contributed by atoms with Crippen molar-refractivity contribution in [3.05, 3.63) is 82.3 Å². The Labute approximate surface area is 148 Å². The number of halogens is 2. The first-order valence-corrected chi connectivity index (χ1v) is 7.88. The zero-order valence-electron chi connectivity index (χ0n) is 13.3. The summed E-state index contributed by atoms with van der Waals surface area (Å²) in [6.45, 7) is 1.79. The molecule has 0 aliphatic rings. The lowest BCUT2D eigenvalue weighted by molar-refractivity contribution is 0.102. The molecule has 0 saturated heterocycles. The van der Waals surface area contributed by atoms with Crippen molar-refractivity contribution in [1.29, 1.82) is 0 Å². The molecule has 126 valence electrons. The molecule has 7 heteroatoms. The van der Waals surface area contributed by atoms with Crippen LogP contribution in [-0.2, 0) is 6.42 Å². The Balaban J connectivity index is 1.66. The minimum atomic E-state index is -0.444. The summed E-state index contributed by atoms with van der Waals surface area (Å²) in [4.78, 5) is 24.3. The minimum Gasteiger partial charge on any atom is -0.305 e. The number of aryl methyl sites for hydroxylation is 1. The Kier molecular flexibility index (Phi) is 5.00. The number of anilines is 1. The van der Waals surface area contributed by atoms with Gasteiger partial charge in [-0.25, -0.2) is 14.4 Å². The van der Waals surface area contributed by atoms with Crippen LogP contribution < -0.4 is 5.32 Å². The largest absolute Gasteiger partial charge is 0.305 e. The first kappa shape index (κ1) is 17.0. The van der Waals surface area contributed by atoms with E-state index in [2.05, 4.69) is 20.3 Å². The average Bonchev–Trinajstić information content (AvgIpc) is 2.60. The maximum absolute atomic E-state index is 13.2. The Morgan fingerprint density at radius 2 is 1.88 bits per heavy atom. The third-order valence-electron chi connectivity index (χ3n) is 3.47. The third-order valence-corrected chi connectivity index (χ3v) is 3.76. The molecule has 1 aromatic carbocycles. The molecule has 0 fully saturated rings. The van der Waals surface area contributed by atoms with E-state index in [1.807, 2.05) is 6.07 Å². The molecule has 0 spiro atoms. The molecule has 3 aromatic rings. The van der Waals surface area contributed by atoms with Gasteiger partial charge in [-0.05, 0) is 42.7 Å². The van der Waals surface area contributed by atoms with Gasteiger partial charge in [-0.2, -0.15) is 0 Å². The van der Waals surface area contributed by atoms with Crippen molar-refractivity contribution in [3.63, 3.8) is 0 Å². The molecule has 5 nitrogen and oxygen atoms in total. The van der Waals surface area contributed by atoms with Crippen LogP contribution in [0.5, 0.6) is 0 Å². The number of hydrogen-bond donors (Lipinski definition) is 1. The van der Waals surface area contributed by atoms with Gasteiger partial charge in [0.05, 0.1) is 16.9 Å². The third kappa shape index (κ3) is 4.36. The van der Waals surface area contributed by atoms with Crippen molar-refractivity contribution in [2.75, 3.05) is 5.32 Å². The zero-order chi connectivity index (χ0) is 17.8. The summed E-state index contributed by atoms with van der Waals surface area (Å²) in [6.07, 6.45) is 5.15. The first-order valence-electron chi connectivity index (χ1n) is 7.50. The molecule has 0 atom stereocenters. The van der Waals surface area contributed by atoms with Crippen LogP contribution >= 0.6 is 11.6 Å². The van der Waals surface area contributed by atoms with Gasteiger partial charge >= 0.3 is 0 Å². The summed E-state index contributed by atoms with van der Waals surface area (Å²) < 4.78 is 13.2. The van der Waals surface area contributed by atoms with Gasteiger partial charge in [-0.3, -0.25) is 9.78 Å². The van der Waals surface area contributed by atoms with Crippen LogP contribution in [0, 0.1) is 12.7 Å². The van der Waals surface area contributed by atoms with E-state index >= 15 is 0 Å². The summed E-state index contributed by atoms with van der Waals surface area (Å²) in [7, 11) is 0. The number of hydrogen-bond acceptors (Lipinski definition) is 4. The first-order chi connectivity index (χ1) is 12.0. The summed E-state index contributed by atoms with van der Waals surface area (Å²) in [5, 5.41) is 2.75. The van der Waals surface area contributed by atoms with Crippen molar-refractivity contribution in [3.8, 4) is 0 Å². The van der Waals surface area contributed by atoms with Gasteiger partial charge in [0.15, 0.2) is 0 Å². The van der Waals surface area contributed by atoms with Gasteiger partial charge in [-0.15, -0.1) is 0 Å². The highest BCUT2D eigenvalue weighted by Gasteiger charge is 2.09. The van der Waals surface area contributed by atoms with Crippen LogP contribution in [0.3, 0.4) is 0 Å². The molecule has 0 saturated carbocycles. The molecule has 25 heavy (non-hydrogen) atoms. The maximum atomic E-state index is 13.2. The van der Waals surface area contributed by atoms with E-state index in [1.165, 1.54) is 18.5 Å². The van der Waals surface area contributed by atoms with Crippen molar-refractivity contribution in [2.24, 2.45) is 0 Å². The Hall–Kier alpha value is -2.86. The number of nitrogens with one attached hydrogen (secondary N) is 1. The smallest absolute Gasteiger partial charge is 0.277 e. The molecule has 3 rings (SSSR count). The number of amides is 1. The van der Waals surface area contributed by atoms with E-state index < -0.39 is 5.82 Å². The number of carbonyl (C=O) groups excluding carboxylic acids is 1. The summed E-state index contributed by atoms with van der Waals surface area (Å²) in [5.41, 5.74) is 2.74. The lowest BCUT2D eigenvalue weighted by Gasteiger charge is -2.06. The van der Waals surface area contributed by atoms with Gasteiger partial charge < -0.3 is 5.32 Å². The highest BCUT2D eigenvalue weighted by Crippen LogP contribution is 2.18. The second kappa shape index (κ2) is 7.36. The summed E-state index contributed by atoms with van der Waals surface area (Å²) >= 11 is 5.78. The van der Waals surface area contributed by atoms with Gasteiger partial charge in [0.1, 0.15) is 17.3 Å². The van der Waals surface area contributed by atoms with E-state index in [0.717, 1.165) is 16.8 Å². The fraction of sp³-hybridized carbons (Fsp3) is 0.111. The van der Waals surface area contributed by atoms with Gasteiger partial charge in [0, 0.05) is 12.4 Å². The second-order valence-electron chi connectivity index (χ2n) is 5.47. The molecule has 2 heterocycles. The van der Waals surface area contributed by atoms with E-state index in [9.17, 15) is 9.18 Å². The highest BCUT2D eigenvalue weighted by molar-refractivity contribution is 6.30.